The third kappa shape index (κ3) is 4.34. The second-order valence-corrected chi connectivity index (χ2v) is 7.18. The Labute approximate surface area is 169 Å². The van der Waals surface area contributed by atoms with E-state index < -0.39 is 6.17 Å². The molecule has 0 saturated carbocycles. The average molecular weight is 396 g/mol. The van der Waals surface area contributed by atoms with Gasteiger partial charge in [-0.1, -0.05) is 12.2 Å². The number of allylic oxidation sites excluding steroid dienone is 3. The SMILES string of the molecule is CCN(C(=O)NC1=CCC(F)C=C1)c1ccc2c(c1)/C(=C/C1CN=CN1)CCO2. The monoisotopic (exact) mass is 396 g/mol. The van der Waals surface area contributed by atoms with E-state index in [9.17, 15) is 9.18 Å². The van der Waals surface area contributed by atoms with Crippen molar-refractivity contribution < 1.29 is 13.9 Å². The van der Waals surface area contributed by atoms with Gasteiger partial charge in [0, 0.05) is 36.3 Å². The molecule has 0 aromatic heterocycles. The number of amides is 2. The van der Waals surface area contributed by atoms with E-state index in [1.807, 2.05) is 25.1 Å². The molecule has 6 nitrogen and oxygen atoms in total. The number of hydrogen-bond donors (Lipinski definition) is 2. The first-order valence-corrected chi connectivity index (χ1v) is 9.97. The molecule has 3 aliphatic rings. The lowest BCUT2D eigenvalue weighted by Crippen LogP contribution is -2.39. The van der Waals surface area contributed by atoms with Crippen molar-refractivity contribution in [2.45, 2.75) is 32.0 Å². The zero-order valence-electron chi connectivity index (χ0n) is 16.4. The molecule has 2 unspecified atom stereocenters. The predicted octanol–water partition coefficient (Wildman–Crippen LogP) is 3.57. The van der Waals surface area contributed by atoms with E-state index >= 15 is 0 Å². The summed E-state index contributed by atoms with van der Waals surface area (Å²) in [6.45, 7) is 3.80. The molecule has 7 heteroatoms. The number of halogens is 1. The van der Waals surface area contributed by atoms with E-state index in [0.717, 1.165) is 30.0 Å². The normalized spacial score (nSPS) is 23.8. The predicted molar refractivity (Wildman–Crippen MR) is 113 cm³/mol. The Kier molecular flexibility index (Phi) is 5.64. The lowest BCUT2D eigenvalue weighted by Gasteiger charge is -2.26. The molecular weight excluding hydrogens is 371 g/mol. The summed E-state index contributed by atoms with van der Waals surface area (Å²) in [5, 5.41) is 6.09. The first-order valence-electron chi connectivity index (χ1n) is 9.97. The van der Waals surface area contributed by atoms with Crippen LogP contribution in [0.4, 0.5) is 14.9 Å². The molecule has 1 aliphatic carbocycles. The van der Waals surface area contributed by atoms with Gasteiger partial charge in [-0.2, -0.15) is 0 Å². The Hall–Kier alpha value is -3.09. The number of aliphatic imine (C=N–C) groups is 1. The van der Waals surface area contributed by atoms with Gasteiger partial charge < -0.3 is 15.4 Å². The average Bonchev–Trinajstić information content (AvgIpc) is 3.24. The summed E-state index contributed by atoms with van der Waals surface area (Å²) in [6, 6.07) is 5.76. The second-order valence-electron chi connectivity index (χ2n) is 7.18. The van der Waals surface area contributed by atoms with Crippen molar-refractivity contribution >= 4 is 23.6 Å². The number of fused-ring (bicyclic) bond motifs is 1. The number of carbonyl (C=O) groups excluding carboxylic acids is 1. The highest BCUT2D eigenvalue weighted by Gasteiger charge is 2.22. The molecule has 2 atom stereocenters. The molecule has 0 spiro atoms. The third-order valence-corrected chi connectivity index (χ3v) is 5.19. The van der Waals surface area contributed by atoms with Gasteiger partial charge in [0.15, 0.2) is 0 Å². The maximum absolute atomic E-state index is 13.2. The number of benzene rings is 1. The van der Waals surface area contributed by atoms with Crippen molar-refractivity contribution in [2.75, 3.05) is 24.6 Å². The molecule has 29 heavy (non-hydrogen) atoms. The first-order chi connectivity index (χ1) is 14.1. The van der Waals surface area contributed by atoms with E-state index in [2.05, 4.69) is 21.7 Å². The van der Waals surface area contributed by atoms with Crippen molar-refractivity contribution in [3.05, 3.63) is 53.8 Å². The standard InChI is InChI=1S/C22H25FN4O2/c1-2-27(22(28)26-17-5-3-16(23)4-6-17)19-7-8-21-20(12-19)15(9-10-29-21)11-18-13-24-14-25-18/h3,5-8,11-12,14,16,18H,2,4,9-10,13H2,1H3,(H,24,25)(H,26,28)/b15-11+. The van der Waals surface area contributed by atoms with Gasteiger partial charge in [0.2, 0.25) is 0 Å². The number of rotatable bonds is 4. The Morgan fingerprint density at radius 2 is 2.38 bits per heavy atom. The van der Waals surface area contributed by atoms with Crippen molar-refractivity contribution in [1.29, 1.82) is 0 Å². The number of urea groups is 1. The van der Waals surface area contributed by atoms with Crippen molar-refractivity contribution in [3.63, 3.8) is 0 Å². The topological polar surface area (TPSA) is 66.0 Å². The summed E-state index contributed by atoms with van der Waals surface area (Å²) >= 11 is 0. The Bertz CT molecular complexity index is 898. The number of carbonyl (C=O) groups is 1. The van der Waals surface area contributed by atoms with Crippen LogP contribution >= 0.6 is 0 Å². The lowest BCUT2D eigenvalue weighted by molar-refractivity contribution is 0.249. The molecular formula is C22H25FN4O2. The highest BCUT2D eigenvalue weighted by molar-refractivity contribution is 5.94. The van der Waals surface area contributed by atoms with Gasteiger partial charge in [0.25, 0.3) is 0 Å². The summed E-state index contributed by atoms with van der Waals surface area (Å²) in [5.74, 6) is 0.827. The van der Waals surface area contributed by atoms with Crippen LogP contribution in [-0.2, 0) is 0 Å². The number of anilines is 1. The van der Waals surface area contributed by atoms with E-state index in [0.29, 0.717) is 18.8 Å². The molecule has 1 aromatic rings. The van der Waals surface area contributed by atoms with Crippen LogP contribution < -0.4 is 20.3 Å². The van der Waals surface area contributed by atoms with Gasteiger partial charge in [-0.05, 0) is 42.8 Å². The number of ether oxygens (including phenoxy) is 1. The quantitative estimate of drug-likeness (QED) is 0.818. The molecule has 0 saturated heterocycles. The third-order valence-electron chi connectivity index (χ3n) is 5.19. The summed E-state index contributed by atoms with van der Waals surface area (Å²) in [4.78, 5) is 18.7. The van der Waals surface area contributed by atoms with Crippen LogP contribution in [0, 0.1) is 0 Å². The highest BCUT2D eigenvalue weighted by Crippen LogP contribution is 2.36. The van der Waals surface area contributed by atoms with E-state index in [4.69, 9.17) is 4.74 Å². The highest BCUT2D eigenvalue weighted by atomic mass is 19.1. The van der Waals surface area contributed by atoms with E-state index in [1.165, 1.54) is 11.6 Å². The molecule has 0 radical (unpaired) electrons. The van der Waals surface area contributed by atoms with Gasteiger partial charge in [-0.15, -0.1) is 0 Å². The minimum Gasteiger partial charge on any atom is -0.493 e. The Morgan fingerprint density at radius 1 is 1.48 bits per heavy atom. The summed E-state index contributed by atoms with van der Waals surface area (Å²) in [5.41, 5.74) is 3.61. The number of hydrogen-bond acceptors (Lipinski definition) is 4. The lowest BCUT2D eigenvalue weighted by atomic mass is 9.97. The van der Waals surface area contributed by atoms with Crippen LogP contribution in [0.15, 0.2) is 53.2 Å². The molecule has 2 heterocycles. The molecule has 0 bridgehead atoms. The number of alkyl halides is 1. The zero-order valence-corrected chi connectivity index (χ0v) is 16.4. The van der Waals surface area contributed by atoms with Crippen molar-refractivity contribution in [1.82, 2.24) is 10.6 Å². The fourth-order valence-corrected chi connectivity index (χ4v) is 3.67. The fraction of sp³-hybridized carbons (Fsp3) is 0.364. The molecule has 2 N–H and O–H groups in total. The van der Waals surface area contributed by atoms with Crippen LogP contribution in [0.25, 0.3) is 5.57 Å². The number of nitrogens with one attached hydrogen (secondary N) is 2. The van der Waals surface area contributed by atoms with Crippen LogP contribution in [0.1, 0.15) is 25.3 Å². The Balaban J connectivity index is 1.56. The Morgan fingerprint density at radius 3 is 3.10 bits per heavy atom. The van der Waals surface area contributed by atoms with Crippen LogP contribution in [0.3, 0.4) is 0 Å². The maximum Gasteiger partial charge on any atom is 0.326 e. The largest absolute Gasteiger partial charge is 0.493 e. The van der Waals surface area contributed by atoms with E-state index in [1.54, 1.807) is 23.4 Å². The zero-order chi connectivity index (χ0) is 20.2. The van der Waals surface area contributed by atoms with E-state index in [-0.39, 0.29) is 18.5 Å². The van der Waals surface area contributed by atoms with Crippen LogP contribution in [0.5, 0.6) is 5.75 Å². The second kappa shape index (κ2) is 8.51. The molecule has 0 fully saturated rings. The van der Waals surface area contributed by atoms with Crippen LogP contribution in [-0.4, -0.2) is 44.3 Å². The van der Waals surface area contributed by atoms with Gasteiger partial charge in [0.1, 0.15) is 11.9 Å². The minimum absolute atomic E-state index is 0.189. The molecule has 2 amide bonds. The molecule has 2 aliphatic heterocycles. The summed E-state index contributed by atoms with van der Waals surface area (Å²) in [7, 11) is 0. The van der Waals surface area contributed by atoms with Gasteiger partial charge >= 0.3 is 6.03 Å². The maximum atomic E-state index is 13.2. The molecule has 4 rings (SSSR count). The van der Waals surface area contributed by atoms with Gasteiger partial charge in [-0.3, -0.25) is 9.89 Å². The van der Waals surface area contributed by atoms with Crippen LogP contribution in [0.2, 0.25) is 0 Å². The first kappa shape index (κ1) is 19.2. The molecule has 1 aromatic carbocycles. The minimum atomic E-state index is -0.983. The van der Waals surface area contributed by atoms with Crippen molar-refractivity contribution in [2.24, 2.45) is 4.99 Å². The van der Waals surface area contributed by atoms with Gasteiger partial charge in [-0.25, -0.2) is 9.18 Å². The van der Waals surface area contributed by atoms with Gasteiger partial charge in [0.05, 0.1) is 25.5 Å². The smallest absolute Gasteiger partial charge is 0.326 e. The summed E-state index contributed by atoms with van der Waals surface area (Å²) in [6.07, 6.45) is 8.81. The van der Waals surface area contributed by atoms with Crippen molar-refractivity contribution in [3.8, 4) is 5.75 Å². The summed E-state index contributed by atoms with van der Waals surface area (Å²) < 4.78 is 19.1. The number of nitrogens with zero attached hydrogens (tertiary/aromatic N) is 2. The fourth-order valence-electron chi connectivity index (χ4n) is 3.67. The molecule has 152 valence electrons.